The van der Waals surface area contributed by atoms with Crippen molar-refractivity contribution < 1.29 is 4.79 Å². The molecule has 0 aromatic carbocycles. The van der Waals surface area contributed by atoms with Gasteiger partial charge in [-0.3, -0.25) is 9.89 Å². The molecule has 5 heteroatoms. The molecule has 0 fully saturated rings. The third kappa shape index (κ3) is 1.22. The van der Waals surface area contributed by atoms with E-state index in [2.05, 4.69) is 26.1 Å². The van der Waals surface area contributed by atoms with Crippen molar-refractivity contribution in [3.05, 3.63) is 15.9 Å². The van der Waals surface area contributed by atoms with Gasteiger partial charge in [0.1, 0.15) is 0 Å². The number of aromatic amines is 1. The van der Waals surface area contributed by atoms with E-state index >= 15 is 0 Å². The van der Waals surface area contributed by atoms with E-state index in [4.69, 9.17) is 11.6 Å². The van der Waals surface area contributed by atoms with Crippen LogP contribution in [0.15, 0.2) is 4.47 Å². The van der Waals surface area contributed by atoms with Gasteiger partial charge in [0.05, 0.1) is 4.47 Å². The topological polar surface area (TPSA) is 45.8 Å². The molecule has 3 nitrogen and oxygen atoms in total. The minimum absolute atomic E-state index is 0.235. The van der Waals surface area contributed by atoms with Gasteiger partial charge in [-0.1, -0.05) is 0 Å². The number of carbonyl (C=O) groups excluding carboxylic acids is 1. The van der Waals surface area contributed by atoms with Crippen LogP contribution in [0.2, 0.25) is 0 Å². The van der Waals surface area contributed by atoms with Crippen molar-refractivity contribution in [2.24, 2.45) is 0 Å². The first-order chi connectivity index (χ1) is 4.63. The molecule has 0 unspecified atom stereocenters. The van der Waals surface area contributed by atoms with Crippen molar-refractivity contribution in [1.29, 1.82) is 0 Å². The number of halogens is 2. The minimum atomic E-state index is -0.559. The Labute approximate surface area is 70.9 Å². The summed E-state index contributed by atoms with van der Waals surface area (Å²) in [5.74, 6) is 0. The Hall–Kier alpha value is -0.350. The number of aromatic nitrogens is 2. The first kappa shape index (κ1) is 7.75. The summed E-state index contributed by atoms with van der Waals surface area (Å²) in [6, 6.07) is 0. The van der Waals surface area contributed by atoms with E-state index in [1.54, 1.807) is 6.92 Å². The summed E-state index contributed by atoms with van der Waals surface area (Å²) in [7, 11) is 0. The fourth-order valence-corrected chi connectivity index (χ4v) is 1.15. The third-order valence-corrected chi connectivity index (χ3v) is 2.21. The van der Waals surface area contributed by atoms with Crippen LogP contribution in [0.5, 0.6) is 0 Å². The largest absolute Gasteiger partial charge is 0.281 e. The molecular weight excluding hydrogens is 219 g/mol. The second kappa shape index (κ2) is 2.72. The van der Waals surface area contributed by atoms with Crippen molar-refractivity contribution in [2.45, 2.75) is 6.92 Å². The zero-order valence-electron chi connectivity index (χ0n) is 5.11. The van der Waals surface area contributed by atoms with Gasteiger partial charge in [0.25, 0.3) is 5.24 Å². The Kier molecular flexibility index (Phi) is 2.11. The number of nitrogens with one attached hydrogen (secondary N) is 1. The summed E-state index contributed by atoms with van der Waals surface area (Å²) >= 11 is 8.32. The van der Waals surface area contributed by atoms with Crippen molar-refractivity contribution in [3.8, 4) is 0 Å². The van der Waals surface area contributed by atoms with Crippen LogP contribution in [0.1, 0.15) is 16.2 Å². The first-order valence-electron chi connectivity index (χ1n) is 2.53. The van der Waals surface area contributed by atoms with Gasteiger partial charge in [0.2, 0.25) is 0 Å². The molecule has 1 rings (SSSR count). The summed E-state index contributed by atoms with van der Waals surface area (Å²) in [4.78, 5) is 10.5. The highest BCUT2D eigenvalue weighted by Gasteiger charge is 2.12. The summed E-state index contributed by atoms with van der Waals surface area (Å²) in [6.45, 7) is 1.79. The zero-order chi connectivity index (χ0) is 7.72. The Morgan fingerprint density at radius 2 is 2.40 bits per heavy atom. The van der Waals surface area contributed by atoms with Crippen LogP contribution in [0.25, 0.3) is 0 Å². The number of H-pyrrole nitrogens is 1. The summed E-state index contributed by atoms with van der Waals surface area (Å²) in [6.07, 6.45) is 0. The van der Waals surface area contributed by atoms with Gasteiger partial charge in [-0.2, -0.15) is 5.10 Å². The highest BCUT2D eigenvalue weighted by atomic mass is 79.9. The summed E-state index contributed by atoms with van der Waals surface area (Å²) < 4.78 is 0.632. The molecule has 0 aliphatic carbocycles. The molecule has 1 aromatic rings. The van der Waals surface area contributed by atoms with Gasteiger partial charge in [-0.25, -0.2) is 0 Å². The van der Waals surface area contributed by atoms with Crippen LogP contribution in [0.4, 0.5) is 0 Å². The number of hydrogen-bond acceptors (Lipinski definition) is 2. The molecule has 1 N–H and O–H groups in total. The average Bonchev–Trinajstić information content (AvgIpc) is 2.14. The van der Waals surface area contributed by atoms with Gasteiger partial charge in [0, 0.05) is 5.69 Å². The number of nitrogens with zero attached hydrogens (tertiary/aromatic N) is 1. The van der Waals surface area contributed by atoms with Crippen LogP contribution in [0.3, 0.4) is 0 Å². The molecule has 0 aliphatic heterocycles. The lowest BCUT2D eigenvalue weighted by Gasteiger charge is -1.84. The van der Waals surface area contributed by atoms with E-state index in [1.165, 1.54) is 0 Å². The molecule has 54 valence electrons. The quantitative estimate of drug-likeness (QED) is 0.739. The lowest BCUT2D eigenvalue weighted by molar-refractivity contribution is 0.107. The van der Waals surface area contributed by atoms with Gasteiger partial charge < -0.3 is 0 Å². The molecule has 1 aromatic heterocycles. The Balaban J connectivity index is 3.17. The molecule has 0 saturated carbocycles. The maximum absolute atomic E-state index is 10.5. The number of carbonyl (C=O) groups is 1. The van der Waals surface area contributed by atoms with Gasteiger partial charge in [-0.15, -0.1) is 0 Å². The van der Waals surface area contributed by atoms with E-state index in [1.807, 2.05) is 0 Å². The maximum Gasteiger partial charge on any atom is 0.273 e. The SMILES string of the molecule is Cc1[nH]nc(C(=O)Cl)c1Br. The molecule has 0 saturated heterocycles. The highest BCUT2D eigenvalue weighted by molar-refractivity contribution is 9.10. The fraction of sp³-hybridized carbons (Fsp3) is 0.200. The van der Waals surface area contributed by atoms with Gasteiger partial charge >= 0.3 is 0 Å². The van der Waals surface area contributed by atoms with Crippen LogP contribution >= 0.6 is 27.5 Å². The molecule has 0 spiro atoms. The van der Waals surface area contributed by atoms with E-state index in [9.17, 15) is 4.79 Å². The van der Waals surface area contributed by atoms with Crippen molar-refractivity contribution >= 4 is 32.8 Å². The third-order valence-electron chi connectivity index (χ3n) is 1.06. The van der Waals surface area contributed by atoms with Crippen LogP contribution in [-0.2, 0) is 0 Å². The van der Waals surface area contributed by atoms with Gasteiger partial charge in [-0.05, 0) is 34.5 Å². The Morgan fingerprint density at radius 1 is 1.80 bits per heavy atom. The van der Waals surface area contributed by atoms with E-state index in [0.29, 0.717) is 4.47 Å². The van der Waals surface area contributed by atoms with Crippen LogP contribution in [0, 0.1) is 6.92 Å². The molecular formula is C5H4BrClN2O. The zero-order valence-corrected chi connectivity index (χ0v) is 7.45. The van der Waals surface area contributed by atoms with E-state index in [0.717, 1.165) is 5.69 Å². The molecule has 10 heavy (non-hydrogen) atoms. The second-order valence-corrected chi connectivity index (χ2v) is 2.92. The molecule has 0 radical (unpaired) electrons. The molecule has 1 heterocycles. The smallest absolute Gasteiger partial charge is 0.273 e. The predicted molar refractivity (Wildman–Crippen MR) is 41.2 cm³/mol. The number of hydrogen-bond donors (Lipinski definition) is 1. The minimum Gasteiger partial charge on any atom is -0.281 e. The van der Waals surface area contributed by atoms with Crippen molar-refractivity contribution in [2.75, 3.05) is 0 Å². The monoisotopic (exact) mass is 222 g/mol. The Bertz CT molecular complexity index is 271. The summed E-state index contributed by atoms with van der Waals surface area (Å²) in [5, 5.41) is 5.72. The lowest BCUT2D eigenvalue weighted by atomic mass is 10.4. The summed E-state index contributed by atoms with van der Waals surface area (Å²) in [5.41, 5.74) is 1.03. The maximum atomic E-state index is 10.5. The van der Waals surface area contributed by atoms with E-state index in [-0.39, 0.29) is 5.69 Å². The molecule has 0 aliphatic rings. The molecule has 0 amide bonds. The Morgan fingerprint density at radius 3 is 2.60 bits per heavy atom. The number of rotatable bonds is 1. The van der Waals surface area contributed by atoms with Crippen LogP contribution < -0.4 is 0 Å². The van der Waals surface area contributed by atoms with Crippen molar-refractivity contribution in [3.63, 3.8) is 0 Å². The van der Waals surface area contributed by atoms with E-state index < -0.39 is 5.24 Å². The fourth-order valence-electron chi connectivity index (χ4n) is 0.546. The first-order valence-corrected chi connectivity index (χ1v) is 3.70. The average molecular weight is 223 g/mol. The predicted octanol–water partition coefficient (Wildman–Crippen LogP) is 1.86. The standard InChI is InChI=1S/C5H4BrClN2O/c1-2-3(6)4(5(7)10)9-8-2/h1H3,(H,8,9). The van der Waals surface area contributed by atoms with Gasteiger partial charge in [0.15, 0.2) is 5.69 Å². The second-order valence-electron chi connectivity index (χ2n) is 1.78. The number of aryl methyl sites for hydroxylation is 1. The highest BCUT2D eigenvalue weighted by Crippen LogP contribution is 2.19. The molecule has 0 atom stereocenters. The normalized spacial score (nSPS) is 9.90. The van der Waals surface area contributed by atoms with Crippen LogP contribution in [-0.4, -0.2) is 15.4 Å². The lowest BCUT2D eigenvalue weighted by Crippen LogP contribution is -1.88. The molecule has 0 bridgehead atoms. The van der Waals surface area contributed by atoms with Crippen molar-refractivity contribution in [1.82, 2.24) is 10.2 Å².